The molecule has 4 rings (SSSR count). The minimum Gasteiger partial charge on any atom is -0.497 e. The molecule has 1 aromatic heterocycles. The highest BCUT2D eigenvalue weighted by Crippen LogP contribution is 2.27. The molecule has 4 aromatic rings. The quantitative estimate of drug-likeness (QED) is 0.498. The van der Waals surface area contributed by atoms with Crippen molar-refractivity contribution in [1.29, 1.82) is 0 Å². The third-order valence-electron chi connectivity index (χ3n) is 4.29. The number of carbonyl (C=O) groups is 1. The third-order valence-corrected chi connectivity index (χ3v) is 4.54. The van der Waals surface area contributed by atoms with Gasteiger partial charge in [0.1, 0.15) is 11.3 Å². The predicted octanol–water partition coefficient (Wildman–Crippen LogP) is 5.34. The lowest BCUT2D eigenvalue weighted by atomic mass is 10.1. The zero-order valence-corrected chi connectivity index (χ0v) is 15.9. The first-order valence-electron chi connectivity index (χ1n) is 8.70. The van der Waals surface area contributed by atoms with Crippen molar-refractivity contribution in [1.82, 2.24) is 4.98 Å². The number of ether oxygens (including phenoxy) is 1. The van der Waals surface area contributed by atoms with Crippen molar-refractivity contribution >= 4 is 34.3 Å². The van der Waals surface area contributed by atoms with E-state index in [1.807, 2.05) is 54.6 Å². The number of hydrogen-bond acceptors (Lipinski definition) is 4. The summed E-state index contributed by atoms with van der Waals surface area (Å²) in [7, 11) is 1.61. The van der Waals surface area contributed by atoms with Gasteiger partial charge in [0.2, 0.25) is 11.8 Å². The molecule has 28 heavy (non-hydrogen) atoms. The number of hydrogen-bond donors (Lipinski definition) is 1. The summed E-state index contributed by atoms with van der Waals surface area (Å²) in [6, 6.07) is 20.1. The SMILES string of the molecule is COc1ccc2oc(-c3ccc(NC(=O)Cc4ccc(Cl)cc4)cc3)nc2c1. The lowest BCUT2D eigenvalue weighted by Crippen LogP contribution is -2.14. The number of rotatable bonds is 5. The Balaban J connectivity index is 1.46. The first-order valence-corrected chi connectivity index (χ1v) is 9.08. The molecule has 1 heterocycles. The fourth-order valence-electron chi connectivity index (χ4n) is 2.85. The monoisotopic (exact) mass is 392 g/mol. The number of nitrogens with one attached hydrogen (secondary N) is 1. The summed E-state index contributed by atoms with van der Waals surface area (Å²) in [6.07, 6.45) is 0.284. The number of aromatic nitrogens is 1. The molecule has 140 valence electrons. The van der Waals surface area contributed by atoms with E-state index >= 15 is 0 Å². The van der Waals surface area contributed by atoms with Crippen molar-refractivity contribution in [3.8, 4) is 17.2 Å². The number of fused-ring (bicyclic) bond motifs is 1. The van der Waals surface area contributed by atoms with Crippen LogP contribution in [0, 0.1) is 0 Å². The van der Waals surface area contributed by atoms with Crippen LogP contribution in [0.5, 0.6) is 5.75 Å². The van der Waals surface area contributed by atoms with Crippen molar-refractivity contribution in [2.75, 3.05) is 12.4 Å². The second-order valence-corrected chi connectivity index (χ2v) is 6.72. The van der Waals surface area contributed by atoms with Gasteiger partial charge < -0.3 is 14.5 Å². The van der Waals surface area contributed by atoms with Gasteiger partial charge in [0.15, 0.2) is 5.58 Å². The molecular weight excluding hydrogens is 376 g/mol. The highest BCUT2D eigenvalue weighted by molar-refractivity contribution is 6.30. The molecule has 6 heteroatoms. The highest BCUT2D eigenvalue weighted by atomic mass is 35.5. The predicted molar refractivity (Wildman–Crippen MR) is 110 cm³/mol. The van der Waals surface area contributed by atoms with Crippen LogP contribution in [0.3, 0.4) is 0 Å². The molecule has 0 aliphatic carbocycles. The molecule has 1 N–H and O–H groups in total. The van der Waals surface area contributed by atoms with Gasteiger partial charge >= 0.3 is 0 Å². The zero-order chi connectivity index (χ0) is 19.5. The van der Waals surface area contributed by atoms with Crippen LogP contribution in [0.15, 0.2) is 71.1 Å². The van der Waals surface area contributed by atoms with E-state index < -0.39 is 0 Å². The number of carbonyl (C=O) groups excluding carboxylic acids is 1. The number of nitrogens with zero attached hydrogens (tertiary/aromatic N) is 1. The molecule has 0 radical (unpaired) electrons. The highest BCUT2D eigenvalue weighted by Gasteiger charge is 2.10. The van der Waals surface area contributed by atoms with Crippen LogP contribution in [-0.2, 0) is 11.2 Å². The lowest BCUT2D eigenvalue weighted by molar-refractivity contribution is -0.115. The summed E-state index contributed by atoms with van der Waals surface area (Å²) in [5, 5.41) is 3.54. The average molecular weight is 393 g/mol. The van der Waals surface area contributed by atoms with Crippen molar-refractivity contribution in [2.24, 2.45) is 0 Å². The molecule has 0 atom stereocenters. The number of benzene rings is 3. The zero-order valence-electron chi connectivity index (χ0n) is 15.1. The standard InChI is InChI=1S/C22H17ClN2O3/c1-27-18-10-11-20-19(13-18)25-22(28-20)15-4-8-17(9-5-15)24-21(26)12-14-2-6-16(23)7-3-14/h2-11,13H,12H2,1H3,(H,24,26). The summed E-state index contributed by atoms with van der Waals surface area (Å²) < 4.78 is 11.0. The number of oxazole rings is 1. The Morgan fingerprint density at radius 2 is 1.82 bits per heavy atom. The molecule has 0 bridgehead atoms. The number of methoxy groups -OCH3 is 1. The van der Waals surface area contributed by atoms with E-state index in [0.29, 0.717) is 22.2 Å². The summed E-state index contributed by atoms with van der Waals surface area (Å²) in [6.45, 7) is 0. The Labute approximate surface area is 166 Å². The van der Waals surface area contributed by atoms with Crippen LogP contribution in [-0.4, -0.2) is 18.0 Å². The van der Waals surface area contributed by atoms with Gasteiger partial charge in [-0.05, 0) is 54.1 Å². The van der Waals surface area contributed by atoms with Gasteiger partial charge in [0, 0.05) is 22.3 Å². The topological polar surface area (TPSA) is 64.4 Å². The second kappa shape index (κ2) is 7.74. The number of halogens is 1. The van der Waals surface area contributed by atoms with E-state index in [1.54, 1.807) is 19.2 Å². The van der Waals surface area contributed by atoms with Crippen LogP contribution < -0.4 is 10.1 Å². The summed E-state index contributed by atoms with van der Waals surface area (Å²) in [5.74, 6) is 1.15. The van der Waals surface area contributed by atoms with E-state index in [2.05, 4.69) is 10.3 Å². The van der Waals surface area contributed by atoms with Crippen molar-refractivity contribution in [3.63, 3.8) is 0 Å². The number of anilines is 1. The van der Waals surface area contributed by atoms with Crippen LogP contribution in [0.4, 0.5) is 5.69 Å². The maximum absolute atomic E-state index is 12.2. The van der Waals surface area contributed by atoms with E-state index in [1.165, 1.54) is 0 Å². The molecule has 0 saturated carbocycles. The Morgan fingerprint density at radius 3 is 2.54 bits per heavy atom. The molecule has 1 amide bonds. The van der Waals surface area contributed by atoms with E-state index in [-0.39, 0.29) is 12.3 Å². The molecule has 5 nitrogen and oxygen atoms in total. The molecular formula is C22H17ClN2O3. The summed E-state index contributed by atoms with van der Waals surface area (Å²) in [4.78, 5) is 16.7. The molecule has 0 aliphatic rings. The maximum atomic E-state index is 12.2. The van der Waals surface area contributed by atoms with Gasteiger partial charge in [-0.3, -0.25) is 4.79 Å². The molecule has 0 spiro atoms. The fourth-order valence-corrected chi connectivity index (χ4v) is 2.97. The van der Waals surface area contributed by atoms with Crippen LogP contribution in [0.25, 0.3) is 22.6 Å². The Bertz CT molecular complexity index is 1120. The van der Waals surface area contributed by atoms with Gasteiger partial charge in [-0.2, -0.15) is 0 Å². The fraction of sp³-hybridized carbons (Fsp3) is 0.0909. The first-order chi connectivity index (χ1) is 13.6. The van der Waals surface area contributed by atoms with Gasteiger partial charge in [-0.1, -0.05) is 23.7 Å². The second-order valence-electron chi connectivity index (χ2n) is 6.28. The minimum atomic E-state index is -0.0935. The lowest BCUT2D eigenvalue weighted by Gasteiger charge is -2.06. The van der Waals surface area contributed by atoms with Gasteiger partial charge in [0.25, 0.3) is 0 Å². The third kappa shape index (κ3) is 4.00. The normalized spacial score (nSPS) is 10.8. The molecule has 0 fully saturated rings. The number of amides is 1. The van der Waals surface area contributed by atoms with Crippen molar-refractivity contribution < 1.29 is 13.9 Å². The molecule has 0 unspecified atom stereocenters. The van der Waals surface area contributed by atoms with Gasteiger partial charge in [-0.25, -0.2) is 4.98 Å². The van der Waals surface area contributed by atoms with Crippen molar-refractivity contribution in [2.45, 2.75) is 6.42 Å². The average Bonchev–Trinajstić information content (AvgIpc) is 3.13. The molecule has 0 aliphatic heterocycles. The Hall–Kier alpha value is -3.31. The van der Waals surface area contributed by atoms with Crippen LogP contribution >= 0.6 is 11.6 Å². The molecule has 0 saturated heterocycles. The van der Waals surface area contributed by atoms with E-state index in [9.17, 15) is 4.79 Å². The minimum absolute atomic E-state index is 0.0935. The van der Waals surface area contributed by atoms with E-state index in [4.69, 9.17) is 20.8 Å². The molecule has 3 aromatic carbocycles. The largest absolute Gasteiger partial charge is 0.497 e. The van der Waals surface area contributed by atoms with E-state index in [0.717, 1.165) is 22.4 Å². The maximum Gasteiger partial charge on any atom is 0.228 e. The summed E-state index contributed by atoms with van der Waals surface area (Å²) in [5.41, 5.74) is 3.86. The Kier molecular flexibility index (Phi) is 5.00. The first kappa shape index (κ1) is 18.1. The van der Waals surface area contributed by atoms with Crippen LogP contribution in [0.2, 0.25) is 5.02 Å². The van der Waals surface area contributed by atoms with Gasteiger partial charge in [-0.15, -0.1) is 0 Å². The Morgan fingerprint density at radius 1 is 1.07 bits per heavy atom. The van der Waals surface area contributed by atoms with Crippen molar-refractivity contribution in [3.05, 3.63) is 77.3 Å². The van der Waals surface area contributed by atoms with Crippen LogP contribution in [0.1, 0.15) is 5.56 Å². The smallest absolute Gasteiger partial charge is 0.228 e. The van der Waals surface area contributed by atoms with Gasteiger partial charge in [0.05, 0.1) is 13.5 Å². The summed E-state index contributed by atoms with van der Waals surface area (Å²) >= 11 is 5.86.